The Morgan fingerprint density at radius 3 is 2.54 bits per heavy atom. The Labute approximate surface area is 80.2 Å². The Morgan fingerprint density at radius 2 is 1.77 bits per heavy atom. The quantitative estimate of drug-likeness (QED) is 0.573. The number of piperidine rings is 1. The van der Waals surface area contributed by atoms with E-state index in [2.05, 4.69) is 4.90 Å². The molecule has 1 saturated carbocycles. The van der Waals surface area contributed by atoms with Crippen molar-refractivity contribution in [3.63, 3.8) is 0 Å². The molecule has 74 valence electrons. The van der Waals surface area contributed by atoms with Crippen LogP contribution < -0.4 is 0 Å². The summed E-state index contributed by atoms with van der Waals surface area (Å²) in [7, 11) is 0. The topological polar surface area (TPSA) is 15.8 Å². The number of hydrogen-bond acceptors (Lipinski definition) is 2. The van der Waals surface area contributed by atoms with E-state index < -0.39 is 0 Å². The van der Waals surface area contributed by atoms with Crippen molar-refractivity contribution in [2.75, 3.05) is 13.1 Å². The predicted octanol–water partition coefficient (Wildman–Crippen LogP) is 1.79. The van der Waals surface area contributed by atoms with Gasteiger partial charge in [-0.3, -0.25) is 0 Å². The number of rotatable bonds is 1. The zero-order chi connectivity index (χ0) is 8.67. The molecule has 2 aliphatic heterocycles. The summed E-state index contributed by atoms with van der Waals surface area (Å²) in [5.74, 6) is 0. The van der Waals surface area contributed by atoms with E-state index in [0.29, 0.717) is 12.2 Å². The molecule has 3 unspecified atom stereocenters. The standard InChI is InChI=1S/C11H19NO/c1-2-6-12(7-3-1)9-4-5-10-11(8-9)13-10/h9-11H,1-8H2. The summed E-state index contributed by atoms with van der Waals surface area (Å²) >= 11 is 0. The third-order valence-corrected chi connectivity index (χ3v) is 3.88. The van der Waals surface area contributed by atoms with Crippen molar-refractivity contribution in [1.82, 2.24) is 4.90 Å². The van der Waals surface area contributed by atoms with Crippen molar-refractivity contribution < 1.29 is 4.74 Å². The van der Waals surface area contributed by atoms with Crippen molar-refractivity contribution in [3.8, 4) is 0 Å². The Bertz CT molecular complexity index is 189. The molecule has 0 amide bonds. The number of nitrogens with zero attached hydrogens (tertiary/aromatic N) is 1. The normalized spacial score (nSPS) is 45.7. The lowest BCUT2D eigenvalue weighted by Gasteiger charge is -2.35. The van der Waals surface area contributed by atoms with Crippen LogP contribution >= 0.6 is 0 Å². The van der Waals surface area contributed by atoms with E-state index in [4.69, 9.17) is 4.74 Å². The Kier molecular flexibility index (Phi) is 2.06. The largest absolute Gasteiger partial charge is 0.370 e. The van der Waals surface area contributed by atoms with Gasteiger partial charge in [0.05, 0.1) is 12.2 Å². The van der Waals surface area contributed by atoms with Crippen LogP contribution in [0.2, 0.25) is 0 Å². The lowest BCUT2D eigenvalue weighted by molar-refractivity contribution is 0.137. The maximum absolute atomic E-state index is 5.57. The van der Waals surface area contributed by atoms with Gasteiger partial charge in [0.1, 0.15) is 0 Å². The van der Waals surface area contributed by atoms with Gasteiger partial charge in [-0.05, 0) is 45.2 Å². The van der Waals surface area contributed by atoms with Crippen LogP contribution in [0.5, 0.6) is 0 Å². The van der Waals surface area contributed by atoms with Crippen LogP contribution in [-0.2, 0) is 4.74 Å². The summed E-state index contributed by atoms with van der Waals surface area (Å²) in [4.78, 5) is 2.71. The fraction of sp³-hybridized carbons (Fsp3) is 1.00. The fourth-order valence-electron chi connectivity index (χ4n) is 3.00. The average Bonchev–Trinajstić information content (AvgIpc) is 2.96. The van der Waals surface area contributed by atoms with Crippen LogP contribution in [0.25, 0.3) is 0 Å². The second-order valence-electron chi connectivity index (χ2n) is 4.78. The number of likely N-dealkylation sites (tertiary alicyclic amines) is 1. The number of epoxide rings is 1. The molecule has 2 heterocycles. The van der Waals surface area contributed by atoms with E-state index in [-0.39, 0.29) is 0 Å². The Hall–Kier alpha value is -0.0800. The van der Waals surface area contributed by atoms with Gasteiger partial charge >= 0.3 is 0 Å². The van der Waals surface area contributed by atoms with E-state index >= 15 is 0 Å². The zero-order valence-corrected chi connectivity index (χ0v) is 8.24. The summed E-state index contributed by atoms with van der Waals surface area (Å²) in [6.45, 7) is 2.70. The molecule has 2 saturated heterocycles. The first-order valence-corrected chi connectivity index (χ1v) is 5.83. The third-order valence-electron chi connectivity index (χ3n) is 3.88. The highest BCUT2D eigenvalue weighted by Gasteiger charge is 2.45. The van der Waals surface area contributed by atoms with Crippen molar-refractivity contribution >= 4 is 0 Å². The van der Waals surface area contributed by atoms with E-state index in [1.54, 1.807) is 0 Å². The molecule has 2 nitrogen and oxygen atoms in total. The maximum Gasteiger partial charge on any atom is 0.0856 e. The van der Waals surface area contributed by atoms with Gasteiger partial charge in [0.2, 0.25) is 0 Å². The molecular weight excluding hydrogens is 162 g/mol. The lowest BCUT2D eigenvalue weighted by Crippen LogP contribution is -2.41. The van der Waals surface area contributed by atoms with Gasteiger partial charge in [-0.1, -0.05) is 6.42 Å². The van der Waals surface area contributed by atoms with Gasteiger partial charge in [0, 0.05) is 6.04 Å². The summed E-state index contributed by atoms with van der Waals surface area (Å²) in [5, 5.41) is 0. The summed E-state index contributed by atoms with van der Waals surface area (Å²) in [6, 6.07) is 0.865. The average molecular weight is 181 g/mol. The van der Waals surface area contributed by atoms with Crippen molar-refractivity contribution in [3.05, 3.63) is 0 Å². The molecule has 3 aliphatic rings. The molecule has 2 heteroatoms. The van der Waals surface area contributed by atoms with Gasteiger partial charge in [0.15, 0.2) is 0 Å². The van der Waals surface area contributed by atoms with E-state index in [1.807, 2.05) is 0 Å². The fourth-order valence-corrected chi connectivity index (χ4v) is 3.00. The number of ether oxygens (including phenoxy) is 1. The first kappa shape index (κ1) is 8.25. The number of hydrogen-bond donors (Lipinski definition) is 0. The van der Waals surface area contributed by atoms with Gasteiger partial charge < -0.3 is 9.64 Å². The molecule has 13 heavy (non-hydrogen) atoms. The molecule has 3 fully saturated rings. The van der Waals surface area contributed by atoms with Crippen LogP contribution in [0.4, 0.5) is 0 Å². The van der Waals surface area contributed by atoms with Crippen LogP contribution in [0, 0.1) is 0 Å². The molecule has 0 N–H and O–H groups in total. The SMILES string of the molecule is C1CCN(C2CCC3OC3C2)CC1. The molecule has 0 radical (unpaired) electrons. The summed E-state index contributed by atoms with van der Waals surface area (Å²) in [6.07, 6.45) is 9.65. The molecule has 0 aromatic heterocycles. The Balaban J connectivity index is 1.57. The monoisotopic (exact) mass is 181 g/mol. The zero-order valence-electron chi connectivity index (χ0n) is 8.24. The second-order valence-corrected chi connectivity index (χ2v) is 4.78. The van der Waals surface area contributed by atoms with Crippen LogP contribution in [0.1, 0.15) is 38.5 Å². The predicted molar refractivity (Wildman–Crippen MR) is 51.7 cm³/mol. The molecule has 0 aromatic carbocycles. The molecule has 3 rings (SSSR count). The first-order valence-electron chi connectivity index (χ1n) is 5.83. The van der Waals surface area contributed by atoms with Gasteiger partial charge in [0.25, 0.3) is 0 Å². The van der Waals surface area contributed by atoms with E-state index in [9.17, 15) is 0 Å². The molecule has 0 aromatic rings. The molecule has 3 atom stereocenters. The smallest absolute Gasteiger partial charge is 0.0856 e. The maximum atomic E-state index is 5.57. The van der Waals surface area contributed by atoms with Gasteiger partial charge in [-0.15, -0.1) is 0 Å². The first-order chi connectivity index (χ1) is 6.43. The number of fused-ring (bicyclic) bond motifs is 1. The third kappa shape index (κ3) is 1.62. The minimum atomic E-state index is 0.653. The minimum absolute atomic E-state index is 0.653. The van der Waals surface area contributed by atoms with Crippen molar-refractivity contribution in [2.24, 2.45) is 0 Å². The minimum Gasteiger partial charge on any atom is -0.370 e. The Morgan fingerprint density at radius 1 is 0.923 bits per heavy atom. The highest BCUT2D eigenvalue weighted by Crippen LogP contribution is 2.38. The van der Waals surface area contributed by atoms with Crippen LogP contribution in [0.15, 0.2) is 0 Å². The highest BCUT2D eigenvalue weighted by atomic mass is 16.6. The van der Waals surface area contributed by atoms with Crippen molar-refractivity contribution in [1.29, 1.82) is 0 Å². The second kappa shape index (κ2) is 3.25. The summed E-state index contributed by atoms with van der Waals surface area (Å²) in [5.41, 5.74) is 0. The molecule has 0 spiro atoms. The summed E-state index contributed by atoms with van der Waals surface area (Å²) < 4.78 is 5.57. The van der Waals surface area contributed by atoms with Gasteiger partial charge in [-0.2, -0.15) is 0 Å². The molecule has 1 aliphatic carbocycles. The van der Waals surface area contributed by atoms with Crippen molar-refractivity contribution in [2.45, 2.75) is 56.8 Å². The van der Waals surface area contributed by atoms with Crippen LogP contribution in [0.3, 0.4) is 0 Å². The van der Waals surface area contributed by atoms with Crippen LogP contribution in [-0.4, -0.2) is 36.2 Å². The van der Waals surface area contributed by atoms with E-state index in [1.165, 1.54) is 51.6 Å². The highest BCUT2D eigenvalue weighted by molar-refractivity contribution is 4.95. The van der Waals surface area contributed by atoms with Gasteiger partial charge in [-0.25, -0.2) is 0 Å². The van der Waals surface area contributed by atoms with E-state index in [0.717, 1.165) is 6.04 Å². The molecule has 0 bridgehead atoms. The molecular formula is C11H19NO. The lowest BCUT2D eigenvalue weighted by atomic mass is 9.93.